The van der Waals surface area contributed by atoms with Crippen LogP contribution in [0.4, 0.5) is 0 Å². The van der Waals surface area contributed by atoms with Gasteiger partial charge in [0.15, 0.2) is 0 Å². The van der Waals surface area contributed by atoms with E-state index in [-0.39, 0.29) is 0 Å². The summed E-state index contributed by atoms with van der Waals surface area (Å²) < 4.78 is 5.90. The quantitative estimate of drug-likeness (QED) is 0.734. The average molecular weight is 311 g/mol. The molecule has 2 rings (SSSR count). The molecule has 0 radical (unpaired) electrons. The van der Waals surface area contributed by atoms with Crippen molar-refractivity contribution in [2.45, 2.75) is 25.8 Å². The van der Waals surface area contributed by atoms with Crippen LogP contribution in [0.1, 0.15) is 22.3 Å². The summed E-state index contributed by atoms with van der Waals surface area (Å²) in [5.74, 6) is 1.01. The van der Waals surface area contributed by atoms with Crippen molar-refractivity contribution in [2.75, 3.05) is 0 Å². The second-order valence-corrected chi connectivity index (χ2v) is 5.45. The van der Waals surface area contributed by atoms with Gasteiger partial charge in [0.2, 0.25) is 0 Å². The smallest absolute Gasteiger partial charge is 0.125 e. The molecule has 0 bridgehead atoms. The van der Waals surface area contributed by atoms with Gasteiger partial charge in [-0.3, -0.25) is 0 Å². The van der Waals surface area contributed by atoms with E-state index in [0.717, 1.165) is 11.1 Å². The highest BCUT2D eigenvalue weighted by atomic mass is 79.9. The fraction of sp³-hybridized carbons (Fsp3) is 0.286. The van der Waals surface area contributed by atoms with E-state index >= 15 is 0 Å². The second kappa shape index (κ2) is 5.69. The van der Waals surface area contributed by atoms with Gasteiger partial charge in [0.25, 0.3) is 0 Å². The standard InChI is InChI=1S/C14H15BrOS/c1-10-5-13(7-15)6-11(2)14(10)16-8-12-3-4-17-9-12/h3-6,9H,7-8H2,1-2H3. The minimum atomic E-state index is 0.652. The fourth-order valence-electron chi connectivity index (χ4n) is 1.88. The first-order valence-electron chi connectivity index (χ1n) is 5.50. The van der Waals surface area contributed by atoms with Crippen molar-refractivity contribution < 1.29 is 4.74 Å². The molecular weight excluding hydrogens is 296 g/mol. The van der Waals surface area contributed by atoms with Crippen molar-refractivity contribution in [1.82, 2.24) is 0 Å². The van der Waals surface area contributed by atoms with Crippen LogP contribution in [0.2, 0.25) is 0 Å². The number of halogens is 1. The van der Waals surface area contributed by atoms with Crippen LogP contribution in [0.3, 0.4) is 0 Å². The average Bonchev–Trinajstić information content (AvgIpc) is 2.80. The van der Waals surface area contributed by atoms with E-state index in [4.69, 9.17) is 4.74 Å². The number of alkyl halides is 1. The summed E-state index contributed by atoms with van der Waals surface area (Å²) in [4.78, 5) is 0. The minimum absolute atomic E-state index is 0.652. The van der Waals surface area contributed by atoms with Gasteiger partial charge in [-0.05, 0) is 52.9 Å². The first-order chi connectivity index (χ1) is 8.20. The van der Waals surface area contributed by atoms with Crippen LogP contribution in [0.25, 0.3) is 0 Å². The van der Waals surface area contributed by atoms with Crippen molar-refractivity contribution >= 4 is 27.3 Å². The molecule has 0 aliphatic heterocycles. The van der Waals surface area contributed by atoms with Gasteiger partial charge in [-0.1, -0.05) is 28.1 Å². The molecule has 0 saturated carbocycles. The van der Waals surface area contributed by atoms with Gasteiger partial charge < -0.3 is 4.74 Å². The monoisotopic (exact) mass is 310 g/mol. The molecule has 0 spiro atoms. The number of rotatable bonds is 4. The predicted molar refractivity (Wildman–Crippen MR) is 77.2 cm³/mol. The van der Waals surface area contributed by atoms with E-state index in [1.165, 1.54) is 22.3 Å². The van der Waals surface area contributed by atoms with Crippen LogP contribution in [-0.4, -0.2) is 0 Å². The Morgan fingerprint density at radius 3 is 2.41 bits per heavy atom. The zero-order valence-electron chi connectivity index (χ0n) is 10.00. The lowest BCUT2D eigenvalue weighted by atomic mass is 10.1. The Hall–Kier alpha value is -0.800. The molecule has 17 heavy (non-hydrogen) atoms. The summed E-state index contributed by atoms with van der Waals surface area (Å²) in [6.07, 6.45) is 0. The third-order valence-corrected chi connectivity index (χ3v) is 4.02. The SMILES string of the molecule is Cc1cc(CBr)cc(C)c1OCc1ccsc1. The predicted octanol–water partition coefficient (Wildman–Crippen LogP) is 4.84. The molecular formula is C14H15BrOS. The van der Waals surface area contributed by atoms with Gasteiger partial charge in [-0.15, -0.1) is 0 Å². The van der Waals surface area contributed by atoms with Crippen molar-refractivity contribution in [1.29, 1.82) is 0 Å². The maximum absolute atomic E-state index is 5.90. The summed E-state index contributed by atoms with van der Waals surface area (Å²) in [6, 6.07) is 6.44. The van der Waals surface area contributed by atoms with Gasteiger partial charge in [-0.2, -0.15) is 11.3 Å². The van der Waals surface area contributed by atoms with Gasteiger partial charge in [0, 0.05) is 5.33 Å². The Balaban J connectivity index is 2.15. The van der Waals surface area contributed by atoms with Crippen molar-refractivity contribution in [3.8, 4) is 5.75 Å². The molecule has 1 aromatic carbocycles. The molecule has 0 atom stereocenters. The van der Waals surface area contributed by atoms with E-state index in [0.29, 0.717) is 6.61 Å². The van der Waals surface area contributed by atoms with Gasteiger partial charge >= 0.3 is 0 Å². The van der Waals surface area contributed by atoms with Crippen LogP contribution >= 0.6 is 27.3 Å². The van der Waals surface area contributed by atoms with Crippen LogP contribution in [0, 0.1) is 13.8 Å². The maximum Gasteiger partial charge on any atom is 0.125 e. The van der Waals surface area contributed by atoms with Crippen LogP contribution in [0.15, 0.2) is 29.0 Å². The number of hydrogen-bond donors (Lipinski definition) is 0. The van der Waals surface area contributed by atoms with Crippen molar-refractivity contribution in [3.63, 3.8) is 0 Å². The van der Waals surface area contributed by atoms with Crippen LogP contribution in [-0.2, 0) is 11.9 Å². The maximum atomic E-state index is 5.90. The Kier molecular flexibility index (Phi) is 4.24. The van der Waals surface area contributed by atoms with Crippen molar-refractivity contribution in [3.05, 3.63) is 51.2 Å². The lowest BCUT2D eigenvalue weighted by Crippen LogP contribution is -1.98. The van der Waals surface area contributed by atoms with Gasteiger partial charge in [-0.25, -0.2) is 0 Å². The zero-order valence-corrected chi connectivity index (χ0v) is 12.4. The number of ether oxygens (including phenoxy) is 1. The summed E-state index contributed by atoms with van der Waals surface area (Å²) in [6.45, 7) is 4.85. The Bertz CT molecular complexity index is 468. The van der Waals surface area contributed by atoms with Gasteiger partial charge in [0.1, 0.15) is 12.4 Å². The molecule has 0 saturated heterocycles. The number of thiophene rings is 1. The summed E-state index contributed by atoms with van der Waals surface area (Å²) in [5.41, 5.74) is 4.94. The van der Waals surface area contributed by atoms with Crippen LogP contribution in [0.5, 0.6) is 5.75 Å². The zero-order chi connectivity index (χ0) is 12.3. The highest BCUT2D eigenvalue weighted by molar-refractivity contribution is 9.08. The van der Waals surface area contributed by atoms with E-state index in [2.05, 4.69) is 58.7 Å². The second-order valence-electron chi connectivity index (χ2n) is 4.11. The molecule has 1 heterocycles. The molecule has 0 aliphatic carbocycles. The van der Waals surface area contributed by atoms with Gasteiger partial charge in [0.05, 0.1) is 0 Å². The topological polar surface area (TPSA) is 9.23 Å². The summed E-state index contributed by atoms with van der Waals surface area (Å²) in [5, 5.41) is 5.09. The molecule has 0 aliphatic rings. The molecule has 0 N–H and O–H groups in total. The van der Waals surface area contributed by atoms with Crippen LogP contribution < -0.4 is 4.74 Å². The van der Waals surface area contributed by atoms with E-state index in [9.17, 15) is 0 Å². The van der Waals surface area contributed by atoms with Crippen molar-refractivity contribution in [2.24, 2.45) is 0 Å². The van der Waals surface area contributed by atoms with E-state index in [1.807, 2.05) is 0 Å². The van der Waals surface area contributed by atoms with E-state index in [1.54, 1.807) is 11.3 Å². The first-order valence-corrected chi connectivity index (χ1v) is 7.57. The lowest BCUT2D eigenvalue weighted by molar-refractivity contribution is 0.302. The number of benzene rings is 1. The molecule has 3 heteroatoms. The highest BCUT2D eigenvalue weighted by Crippen LogP contribution is 2.26. The number of aryl methyl sites for hydroxylation is 2. The highest BCUT2D eigenvalue weighted by Gasteiger charge is 2.06. The molecule has 2 aromatic rings. The summed E-state index contributed by atoms with van der Waals surface area (Å²) in [7, 11) is 0. The molecule has 0 amide bonds. The lowest BCUT2D eigenvalue weighted by Gasteiger charge is -2.13. The first kappa shape index (κ1) is 12.7. The Labute approximate surface area is 115 Å². The molecule has 0 unspecified atom stereocenters. The molecule has 0 fully saturated rings. The third-order valence-electron chi connectivity index (χ3n) is 2.64. The molecule has 1 nitrogen and oxygen atoms in total. The molecule has 90 valence electrons. The number of hydrogen-bond acceptors (Lipinski definition) is 2. The molecule has 1 aromatic heterocycles. The minimum Gasteiger partial charge on any atom is -0.488 e. The van der Waals surface area contributed by atoms with E-state index < -0.39 is 0 Å². The summed E-state index contributed by atoms with van der Waals surface area (Å²) >= 11 is 5.18. The largest absolute Gasteiger partial charge is 0.488 e. The fourth-order valence-corrected chi connectivity index (χ4v) is 2.85. The Morgan fingerprint density at radius 1 is 1.18 bits per heavy atom. The third kappa shape index (κ3) is 3.11. The normalized spacial score (nSPS) is 10.5. The Morgan fingerprint density at radius 2 is 1.88 bits per heavy atom.